The van der Waals surface area contributed by atoms with Crippen molar-refractivity contribution in [3.05, 3.63) is 36.5 Å². The quantitative estimate of drug-likeness (QED) is 0.672. The third kappa shape index (κ3) is 3.37. The second-order valence-corrected chi connectivity index (χ2v) is 6.91. The van der Waals surface area contributed by atoms with Crippen LogP contribution in [0, 0.1) is 5.82 Å². The van der Waals surface area contributed by atoms with Gasteiger partial charge in [0.05, 0.1) is 11.7 Å². The predicted molar refractivity (Wildman–Crippen MR) is 99.0 cm³/mol. The number of nitrogens with zero attached hydrogens (tertiary/aromatic N) is 5. The van der Waals surface area contributed by atoms with Crippen LogP contribution in [0.5, 0.6) is 5.75 Å². The van der Waals surface area contributed by atoms with Crippen molar-refractivity contribution in [2.45, 2.75) is 25.1 Å². The fourth-order valence-corrected chi connectivity index (χ4v) is 3.81. The number of aromatic nitrogens is 4. The van der Waals surface area contributed by atoms with Crippen LogP contribution in [0.3, 0.4) is 0 Å². The number of piperazine rings is 1. The molecule has 0 saturated carbocycles. The van der Waals surface area contributed by atoms with Crippen LogP contribution in [0.4, 0.5) is 30.6 Å². The Kier molecular flexibility index (Phi) is 4.31. The van der Waals surface area contributed by atoms with Crippen molar-refractivity contribution in [1.82, 2.24) is 25.3 Å². The van der Waals surface area contributed by atoms with E-state index in [4.69, 9.17) is 4.98 Å². The van der Waals surface area contributed by atoms with E-state index in [-0.39, 0.29) is 17.4 Å². The molecular formula is C18H16F3N7O. The van der Waals surface area contributed by atoms with Crippen LogP contribution in [0.15, 0.2) is 30.7 Å². The second kappa shape index (κ2) is 6.99. The van der Waals surface area contributed by atoms with E-state index in [2.05, 4.69) is 35.2 Å². The van der Waals surface area contributed by atoms with Gasteiger partial charge >= 0.3 is 6.61 Å². The highest BCUT2D eigenvalue weighted by molar-refractivity contribution is 5.87. The van der Waals surface area contributed by atoms with E-state index in [1.807, 2.05) is 12.1 Å². The molecule has 0 amide bonds. The summed E-state index contributed by atoms with van der Waals surface area (Å²) in [5, 5.41) is 6.22. The van der Waals surface area contributed by atoms with Gasteiger partial charge in [0.2, 0.25) is 0 Å². The van der Waals surface area contributed by atoms with Gasteiger partial charge in [0.25, 0.3) is 0 Å². The average Bonchev–Trinajstić information content (AvgIpc) is 3.33. The molecule has 2 atom stereocenters. The Morgan fingerprint density at radius 3 is 2.83 bits per heavy atom. The molecule has 11 heteroatoms. The van der Waals surface area contributed by atoms with E-state index in [0.29, 0.717) is 23.1 Å². The minimum absolute atomic E-state index is 0.178. The monoisotopic (exact) mass is 403 g/mol. The van der Waals surface area contributed by atoms with Gasteiger partial charge in [-0.3, -0.25) is 0 Å². The molecule has 0 spiro atoms. The maximum Gasteiger partial charge on any atom is 0.387 e. The summed E-state index contributed by atoms with van der Waals surface area (Å²) in [4.78, 5) is 19.1. The van der Waals surface area contributed by atoms with E-state index < -0.39 is 12.4 Å². The SMILES string of the molecule is Fc1cc(OC(F)F)cnc1Nc1ncnc2ccc(N3C[C@@H]4C[C@H]3CN4)nc12. The third-order valence-electron chi connectivity index (χ3n) is 5.10. The summed E-state index contributed by atoms with van der Waals surface area (Å²) in [6, 6.07) is 5.45. The van der Waals surface area contributed by atoms with Gasteiger partial charge in [-0.25, -0.2) is 24.3 Å². The molecule has 2 saturated heterocycles. The zero-order chi connectivity index (χ0) is 20.0. The molecule has 0 aromatic carbocycles. The summed E-state index contributed by atoms with van der Waals surface area (Å²) in [5.74, 6) is -0.322. The second-order valence-electron chi connectivity index (χ2n) is 6.91. The summed E-state index contributed by atoms with van der Waals surface area (Å²) >= 11 is 0. The van der Waals surface area contributed by atoms with Gasteiger partial charge in [-0.15, -0.1) is 0 Å². The lowest BCUT2D eigenvalue weighted by molar-refractivity contribution is -0.0502. The highest BCUT2D eigenvalue weighted by Gasteiger charge is 2.38. The number of alkyl halides is 2. The topological polar surface area (TPSA) is 88.1 Å². The van der Waals surface area contributed by atoms with Crippen molar-refractivity contribution in [2.75, 3.05) is 23.3 Å². The zero-order valence-corrected chi connectivity index (χ0v) is 15.0. The molecule has 2 fully saturated rings. The normalized spacial score (nSPS) is 20.6. The molecule has 2 N–H and O–H groups in total. The first-order valence-electron chi connectivity index (χ1n) is 9.06. The van der Waals surface area contributed by atoms with E-state index in [1.165, 1.54) is 6.33 Å². The standard InChI is InChI=1S/C18H16F3N7O/c19-12-4-11(29-18(20)21)6-23-16(12)27-17-15-13(24-8-25-17)1-2-14(26-15)28-7-9-3-10(28)5-22-9/h1-2,4,6,8-10,18,22H,3,5,7H2,(H,23,24,25,27)/t9-,10-/m0/s1. The Hall–Kier alpha value is -3.21. The molecule has 0 aliphatic carbocycles. The number of halogens is 3. The van der Waals surface area contributed by atoms with Gasteiger partial charge in [-0.05, 0) is 18.6 Å². The van der Waals surface area contributed by atoms with Gasteiger partial charge in [0, 0.05) is 31.2 Å². The Balaban J connectivity index is 1.46. The number of rotatable bonds is 5. The Bertz CT molecular complexity index is 1070. The van der Waals surface area contributed by atoms with Gasteiger partial charge in [0.15, 0.2) is 17.5 Å². The first-order valence-corrected chi connectivity index (χ1v) is 9.06. The zero-order valence-electron chi connectivity index (χ0n) is 15.0. The van der Waals surface area contributed by atoms with Crippen LogP contribution >= 0.6 is 0 Å². The molecule has 3 aromatic heterocycles. The van der Waals surface area contributed by atoms with Crippen LogP contribution in [-0.2, 0) is 0 Å². The number of fused-ring (bicyclic) bond motifs is 3. The molecule has 29 heavy (non-hydrogen) atoms. The lowest BCUT2D eigenvalue weighted by Crippen LogP contribution is -2.44. The summed E-state index contributed by atoms with van der Waals surface area (Å²) in [6.45, 7) is -1.26. The highest BCUT2D eigenvalue weighted by atomic mass is 19.3. The van der Waals surface area contributed by atoms with Crippen molar-refractivity contribution in [2.24, 2.45) is 0 Å². The largest absolute Gasteiger partial charge is 0.433 e. The summed E-state index contributed by atoms with van der Waals surface area (Å²) < 4.78 is 43.0. The molecule has 8 nitrogen and oxygen atoms in total. The van der Waals surface area contributed by atoms with Crippen LogP contribution < -0.4 is 20.3 Å². The summed E-state index contributed by atoms with van der Waals surface area (Å²) in [6.07, 6.45) is 3.42. The van der Waals surface area contributed by atoms with Crippen LogP contribution in [0.25, 0.3) is 11.0 Å². The minimum atomic E-state index is -3.06. The Morgan fingerprint density at radius 1 is 1.21 bits per heavy atom. The highest BCUT2D eigenvalue weighted by Crippen LogP contribution is 2.31. The number of hydrogen-bond donors (Lipinski definition) is 2. The van der Waals surface area contributed by atoms with Crippen molar-refractivity contribution >= 4 is 28.5 Å². The van der Waals surface area contributed by atoms with E-state index in [0.717, 1.165) is 37.6 Å². The van der Waals surface area contributed by atoms with Crippen molar-refractivity contribution in [3.63, 3.8) is 0 Å². The maximum absolute atomic E-state index is 14.3. The molecule has 2 aliphatic heterocycles. The smallest absolute Gasteiger partial charge is 0.387 e. The minimum Gasteiger partial charge on any atom is -0.433 e. The molecule has 5 rings (SSSR count). The number of anilines is 3. The van der Waals surface area contributed by atoms with Crippen LogP contribution in [0.1, 0.15) is 6.42 Å². The van der Waals surface area contributed by atoms with Gasteiger partial charge in [0.1, 0.15) is 23.4 Å². The molecule has 0 radical (unpaired) electrons. The molecule has 2 aliphatic rings. The molecule has 0 unspecified atom stereocenters. The molecular weight excluding hydrogens is 387 g/mol. The molecule has 3 aromatic rings. The molecule has 150 valence electrons. The first kappa shape index (κ1) is 17.9. The predicted octanol–water partition coefficient (Wildman–Crippen LogP) is 2.45. The summed E-state index contributed by atoms with van der Waals surface area (Å²) in [7, 11) is 0. The molecule has 5 heterocycles. The number of ether oxygens (including phenoxy) is 1. The fourth-order valence-electron chi connectivity index (χ4n) is 3.81. The van der Waals surface area contributed by atoms with E-state index >= 15 is 0 Å². The van der Waals surface area contributed by atoms with Gasteiger partial charge in [-0.2, -0.15) is 8.78 Å². The third-order valence-corrected chi connectivity index (χ3v) is 5.10. The Morgan fingerprint density at radius 2 is 2.10 bits per heavy atom. The summed E-state index contributed by atoms with van der Waals surface area (Å²) in [5.41, 5.74) is 1.06. The number of hydrogen-bond acceptors (Lipinski definition) is 8. The lowest BCUT2D eigenvalue weighted by Gasteiger charge is -2.28. The van der Waals surface area contributed by atoms with E-state index in [9.17, 15) is 13.2 Å². The van der Waals surface area contributed by atoms with Crippen molar-refractivity contribution in [3.8, 4) is 5.75 Å². The number of pyridine rings is 2. The number of nitrogens with one attached hydrogen (secondary N) is 2. The first-order chi connectivity index (χ1) is 14.1. The van der Waals surface area contributed by atoms with Crippen molar-refractivity contribution < 1.29 is 17.9 Å². The van der Waals surface area contributed by atoms with Crippen LogP contribution in [0.2, 0.25) is 0 Å². The van der Waals surface area contributed by atoms with Crippen LogP contribution in [-0.4, -0.2) is 51.7 Å². The lowest BCUT2D eigenvalue weighted by atomic mass is 10.2. The molecule has 2 bridgehead atoms. The van der Waals surface area contributed by atoms with Gasteiger partial charge < -0.3 is 20.3 Å². The van der Waals surface area contributed by atoms with Crippen molar-refractivity contribution in [1.29, 1.82) is 0 Å². The Labute approximate surface area is 163 Å². The fraction of sp³-hybridized carbons (Fsp3) is 0.333. The average molecular weight is 403 g/mol. The van der Waals surface area contributed by atoms with E-state index in [1.54, 1.807) is 0 Å². The maximum atomic E-state index is 14.3. The van der Waals surface area contributed by atoms with Gasteiger partial charge in [-0.1, -0.05) is 0 Å².